The van der Waals surface area contributed by atoms with Crippen molar-refractivity contribution in [2.45, 2.75) is 6.42 Å². The molecule has 5 rings (SSSR count). The Kier molecular flexibility index (Phi) is 3.57. The molecule has 27 heavy (non-hydrogen) atoms. The van der Waals surface area contributed by atoms with Crippen LogP contribution in [0.15, 0.2) is 61.2 Å². The number of benzene rings is 1. The molecule has 4 aromatic heterocycles. The van der Waals surface area contributed by atoms with Crippen LogP contribution in [0, 0.1) is 0 Å². The minimum absolute atomic E-state index is 0.664. The lowest BCUT2D eigenvalue weighted by Crippen LogP contribution is -1.90. The van der Waals surface area contributed by atoms with Gasteiger partial charge in [0.1, 0.15) is 11.5 Å². The topological polar surface area (TPSA) is 88.1 Å². The molecule has 0 radical (unpaired) electrons. The Labute approximate surface area is 155 Å². The monoisotopic (exact) mass is 355 g/mol. The number of H-pyrrole nitrogens is 2. The van der Waals surface area contributed by atoms with Crippen molar-refractivity contribution in [3.8, 4) is 22.5 Å². The summed E-state index contributed by atoms with van der Waals surface area (Å²) in [6, 6.07) is 12.3. The molecule has 0 aliphatic rings. The molecule has 5 aromatic rings. The Morgan fingerprint density at radius 1 is 1.07 bits per heavy atom. The maximum Gasteiger partial charge on any atom is 0.183 e. The maximum absolute atomic E-state index is 4.67. The first-order chi connectivity index (χ1) is 13.3. The van der Waals surface area contributed by atoms with Crippen LogP contribution in [0.4, 0.5) is 0 Å². The van der Waals surface area contributed by atoms with Crippen LogP contribution < -0.4 is 0 Å². The van der Waals surface area contributed by atoms with Crippen molar-refractivity contribution < 1.29 is 0 Å². The van der Waals surface area contributed by atoms with Crippen LogP contribution >= 0.6 is 0 Å². The number of hydrogen-bond donors (Lipinski definition) is 2. The summed E-state index contributed by atoms with van der Waals surface area (Å²) in [7, 11) is 1.90. The van der Waals surface area contributed by atoms with Crippen molar-refractivity contribution >= 4 is 11.0 Å². The van der Waals surface area contributed by atoms with Gasteiger partial charge in [-0.2, -0.15) is 10.2 Å². The number of rotatable bonds is 4. The van der Waals surface area contributed by atoms with Gasteiger partial charge in [-0.15, -0.1) is 0 Å². The fourth-order valence-corrected chi connectivity index (χ4v) is 3.20. The molecule has 0 unspecified atom stereocenters. The summed E-state index contributed by atoms with van der Waals surface area (Å²) in [4.78, 5) is 12.4. The van der Waals surface area contributed by atoms with E-state index < -0.39 is 0 Å². The predicted molar refractivity (Wildman–Crippen MR) is 103 cm³/mol. The second kappa shape index (κ2) is 6.21. The standard InChI is InChI=1S/C20H17N7/c1-27-12-15(10-23-27)14-8-16-17(11-22-19(16)21-9-14)20-24-18(25-26-20)7-13-5-3-2-4-6-13/h2-6,8-12H,7H2,1H3,(H,21,22)(H,24,25,26). The normalized spacial score (nSPS) is 11.3. The van der Waals surface area contributed by atoms with E-state index in [1.54, 1.807) is 4.68 Å². The summed E-state index contributed by atoms with van der Waals surface area (Å²) in [5.74, 6) is 1.50. The number of aromatic nitrogens is 7. The molecule has 7 heteroatoms. The van der Waals surface area contributed by atoms with Gasteiger partial charge < -0.3 is 4.98 Å². The summed E-state index contributed by atoms with van der Waals surface area (Å²) >= 11 is 0. The van der Waals surface area contributed by atoms with Gasteiger partial charge in [0.05, 0.1) is 6.20 Å². The van der Waals surface area contributed by atoms with Gasteiger partial charge in [-0.1, -0.05) is 30.3 Å². The molecule has 0 amide bonds. The van der Waals surface area contributed by atoms with Crippen LogP contribution in [-0.2, 0) is 13.5 Å². The van der Waals surface area contributed by atoms with Gasteiger partial charge in [-0.05, 0) is 11.6 Å². The third-order valence-corrected chi connectivity index (χ3v) is 4.56. The molecular weight excluding hydrogens is 338 g/mol. The molecule has 0 aliphatic heterocycles. The Morgan fingerprint density at radius 2 is 1.96 bits per heavy atom. The van der Waals surface area contributed by atoms with E-state index in [1.165, 1.54) is 5.56 Å². The average molecular weight is 355 g/mol. The van der Waals surface area contributed by atoms with Crippen molar-refractivity contribution in [3.05, 3.63) is 72.6 Å². The lowest BCUT2D eigenvalue weighted by Gasteiger charge is -1.98. The van der Waals surface area contributed by atoms with Gasteiger partial charge in [0.25, 0.3) is 0 Å². The summed E-state index contributed by atoms with van der Waals surface area (Å²) in [6.07, 6.45) is 8.27. The molecule has 7 nitrogen and oxygen atoms in total. The molecule has 0 saturated heterocycles. The quantitative estimate of drug-likeness (QED) is 0.517. The summed E-state index contributed by atoms with van der Waals surface area (Å²) in [6.45, 7) is 0. The van der Waals surface area contributed by atoms with Crippen molar-refractivity contribution in [1.82, 2.24) is 34.9 Å². The van der Waals surface area contributed by atoms with E-state index in [9.17, 15) is 0 Å². The number of hydrogen-bond acceptors (Lipinski definition) is 4. The van der Waals surface area contributed by atoms with Gasteiger partial charge in [-0.25, -0.2) is 9.97 Å². The molecule has 4 heterocycles. The number of pyridine rings is 1. The van der Waals surface area contributed by atoms with E-state index in [4.69, 9.17) is 0 Å². The Balaban J connectivity index is 1.51. The highest BCUT2D eigenvalue weighted by Crippen LogP contribution is 2.29. The largest absolute Gasteiger partial charge is 0.345 e. The first kappa shape index (κ1) is 15.5. The molecule has 1 aromatic carbocycles. The number of nitrogens with one attached hydrogen (secondary N) is 2. The molecule has 0 saturated carbocycles. The highest BCUT2D eigenvalue weighted by molar-refractivity contribution is 5.94. The van der Waals surface area contributed by atoms with Gasteiger partial charge in [0, 0.05) is 54.1 Å². The second-order valence-electron chi connectivity index (χ2n) is 6.49. The maximum atomic E-state index is 4.67. The predicted octanol–water partition coefficient (Wildman–Crippen LogP) is 3.34. The third-order valence-electron chi connectivity index (χ3n) is 4.56. The zero-order valence-corrected chi connectivity index (χ0v) is 14.7. The molecule has 0 aliphatic carbocycles. The SMILES string of the molecule is Cn1cc(-c2cnc3[nH]cc(-c4n[nH]c(Cc5ccccc5)n4)c3c2)cn1. The zero-order valence-electron chi connectivity index (χ0n) is 14.7. The summed E-state index contributed by atoms with van der Waals surface area (Å²) in [5, 5.41) is 12.7. The van der Waals surface area contributed by atoms with Crippen LogP contribution in [-0.4, -0.2) is 34.9 Å². The number of nitrogens with zero attached hydrogens (tertiary/aromatic N) is 5. The number of fused-ring (bicyclic) bond motifs is 1. The first-order valence-electron chi connectivity index (χ1n) is 8.68. The second-order valence-corrected chi connectivity index (χ2v) is 6.49. The van der Waals surface area contributed by atoms with Crippen molar-refractivity contribution in [2.24, 2.45) is 7.05 Å². The van der Waals surface area contributed by atoms with Crippen molar-refractivity contribution in [1.29, 1.82) is 0 Å². The van der Waals surface area contributed by atoms with Crippen LogP contribution in [0.3, 0.4) is 0 Å². The Bertz CT molecular complexity index is 1210. The molecular formula is C20H17N7. The van der Waals surface area contributed by atoms with Gasteiger partial charge in [-0.3, -0.25) is 9.78 Å². The average Bonchev–Trinajstić information content (AvgIpc) is 3.41. The fraction of sp³-hybridized carbons (Fsp3) is 0.100. The molecule has 132 valence electrons. The third kappa shape index (κ3) is 2.89. The van der Waals surface area contributed by atoms with Gasteiger partial charge in [0.15, 0.2) is 5.82 Å². The molecule has 2 N–H and O–H groups in total. The van der Waals surface area contributed by atoms with E-state index in [0.717, 1.165) is 40.0 Å². The smallest absolute Gasteiger partial charge is 0.183 e. The van der Waals surface area contributed by atoms with Crippen LogP contribution in [0.2, 0.25) is 0 Å². The number of aryl methyl sites for hydroxylation is 1. The zero-order chi connectivity index (χ0) is 18.2. The molecule has 0 fully saturated rings. The van der Waals surface area contributed by atoms with Crippen LogP contribution in [0.25, 0.3) is 33.5 Å². The lowest BCUT2D eigenvalue weighted by atomic mass is 10.1. The van der Waals surface area contributed by atoms with E-state index in [1.807, 2.05) is 50.0 Å². The van der Waals surface area contributed by atoms with Crippen molar-refractivity contribution in [2.75, 3.05) is 0 Å². The van der Waals surface area contributed by atoms with E-state index in [2.05, 4.69) is 48.4 Å². The Hall–Kier alpha value is -3.74. The minimum atomic E-state index is 0.664. The van der Waals surface area contributed by atoms with Crippen molar-refractivity contribution in [3.63, 3.8) is 0 Å². The van der Waals surface area contributed by atoms with E-state index >= 15 is 0 Å². The minimum Gasteiger partial charge on any atom is -0.345 e. The van der Waals surface area contributed by atoms with E-state index in [0.29, 0.717) is 5.82 Å². The Morgan fingerprint density at radius 3 is 2.78 bits per heavy atom. The molecule has 0 atom stereocenters. The highest BCUT2D eigenvalue weighted by Gasteiger charge is 2.14. The van der Waals surface area contributed by atoms with Crippen LogP contribution in [0.1, 0.15) is 11.4 Å². The lowest BCUT2D eigenvalue weighted by molar-refractivity contribution is 0.768. The van der Waals surface area contributed by atoms with Gasteiger partial charge >= 0.3 is 0 Å². The van der Waals surface area contributed by atoms with Crippen LogP contribution in [0.5, 0.6) is 0 Å². The molecule has 0 bridgehead atoms. The summed E-state index contributed by atoms with van der Waals surface area (Å²) < 4.78 is 1.78. The fourth-order valence-electron chi connectivity index (χ4n) is 3.20. The highest BCUT2D eigenvalue weighted by atomic mass is 15.2. The number of aromatic amines is 2. The first-order valence-corrected chi connectivity index (χ1v) is 8.68. The summed E-state index contributed by atoms with van der Waals surface area (Å²) in [5.41, 5.74) is 4.97. The van der Waals surface area contributed by atoms with E-state index in [-0.39, 0.29) is 0 Å². The van der Waals surface area contributed by atoms with Gasteiger partial charge in [0.2, 0.25) is 0 Å². The molecule has 0 spiro atoms.